The Morgan fingerprint density at radius 2 is 0.431 bits per heavy atom. The van der Waals surface area contributed by atoms with Crippen LogP contribution in [0.15, 0.2) is 182 Å². The molecular formula is C96H120N6+6. The largest absolute Gasteiger partial charge is 0.215 e. The minimum absolute atomic E-state index is 0.395. The van der Waals surface area contributed by atoms with Crippen molar-refractivity contribution in [1.82, 2.24) is 0 Å². The van der Waals surface area contributed by atoms with E-state index in [1.54, 1.807) is 24.3 Å². The van der Waals surface area contributed by atoms with Crippen molar-refractivity contribution < 1.29 is 39.7 Å². The van der Waals surface area contributed by atoms with Crippen molar-refractivity contribution in [3.05, 3.63) is 316 Å². The molecule has 6 nitrogen and oxygen atoms in total. The van der Waals surface area contributed by atoms with Crippen molar-refractivity contribution in [1.29, 1.82) is 0 Å². The van der Waals surface area contributed by atoms with E-state index in [1.807, 2.05) is 86.1 Å². The number of rotatable bonds is 6. The minimum Gasteiger partial charge on any atom is -0.198 e. The molecule has 12 aromatic rings. The van der Waals surface area contributed by atoms with Gasteiger partial charge in [0.1, 0.15) is 42.3 Å². The van der Waals surface area contributed by atoms with Gasteiger partial charge >= 0.3 is 0 Å². The van der Waals surface area contributed by atoms with Crippen LogP contribution in [-0.4, -0.2) is 0 Å². The van der Waals surface area contributed by atoms with Crippen LogP contribution in [0, 0.1) is 166 Å². The summed E-state index contributed by atoms with van der Waals surface area (Å²) >= 11 is 0. The van der Waals surface area contributed by atoms with Crippen molar-refractivity contribution in [2.75, 3.05) is 0 Å². The summed E-state index contributed by atoms with van der Waals surface area (Å²) in [6.07, 6.45) is 0. The summed E-state index contributed by atoms with van der Waals surface area (Å²) in [6.45, 7) is 37.9. The fourth-order valence-corrected chi connectivity index (χ4v) is 13.4. The highest BCUT2D eigenvalue weighted by Crippen LogP contribution is 2.31. The number of nitrogens with zero attached hydrogens (tertiary/aromatic N) is 6. The van der Waals surface area contributed by atoms with E-state index in [0.29, 0.717) is 16.7 Å². The summed E-state index contributed by atoms with van der Waals surface area (Å²) in [5, 5.41) is 0. The van der Waals surface area contributed by atoms with Gasteiger partial charge in [-0.25, -0.2) is 0 Å². The van der Waals surface area contributed by atoms with Crippen LogP contribution in [0.1, 0.15) is 147 Å². The van der Waals surface area contributed by atoms with Crippen molar-refractivity contribution in [2.45, 2.75) is 166 Å². The normalized spacial score (nSPS) is 12.3. The summed E-state index contributed by atoms with van der Waals surface area (Å²) in [5.74, 6) is 0. The Labute approximate surface area is 628 Å². The van der Waals surface area contributed by atoms with Crippen LogP contribution in [0.5, 0.6) is 0 Å². The molecular weight excluding hydrogens is 1240 g/mol. The Hall–Kier alpha value is -9.78. The maximum absolute atomic E-state index is 7.65. The zero-order valence-corrected chi connectivity index (χ0v) is 66.5. The first-order valence-corrected chi connectivity index (χ1v) is 35.5. The van der Waals surface area contributed by atoms with E-state index in [1.165, 1.54) is 112 Å². The smallest absolute Gasteiger partial charge is 0.198 e. The average molecular weight is 1370 g/mol. The lowest BCUT2D eigenvalue weighted by atomic mass is 9.97. The zero-order chi connectivity index (χ0) is 83.0. The van der Waals surface area contributed by atoms with Gasteiger partial charge in [-0.1, -0.05) is 89.5 Å². The third kappa shape index (κ3) is 18.5. The lowest BCUT2D eigenvalue weighted by molar-refractivity contribution is -0.667. The number of aromatic nitrogens is 6. The van der Waals surface area contributed by atoms with Gasteiger partial charge in [0.2, 0.25) is 34.2 Å². The molecule has 0 atom stereocenters. The molecule has 0 N–H and O–H groups in total. The molecule has 0 saturated carbocycles. The molecule has 12 rings (SSSR count). The predicted octanol–water partition coefficient (Wildman–Crippen LogP) is 20.5. The molecule has 0 aliphatic carbocycles. The van der Waals surface area contributed by atoms with Crippen LogP contribution in [0.2, 0.25) is 0 Å². The lowest BCUT2D eigenvalue weighted by Crippen LogP contribution is -2.35. The van der Waals surface area contributed by atoms with Crippen molar-refractivity contribution >= 4 is 0 Å². The molecule has 0 bridgehead atoms. The number of benzene rings is 6. The second kappa shape index (κ2) is 34.7. The Morgan fingerprint density at radius 1 is 0.186 bits per heavy atom. The molecule has 0 aliphatic heterocycles. The molecule has 0 aliphatic rings. The van der Waals surface area contributed by atoms with Gasteiger partial charge in [0, 0.05) is 157 Å². The maximum Gasteiger partial charge on any atom is 0.215 e. The first kappa shape index (κ1) is 66.8. The van der Waals surface area contributed by atoms with Gasteiger partial charge in [-0.2, -0.15) is 27.4 Å². The van der Waals surface area contributed by atoms with Crippen LogP contribution in [0.25, 0.3) is 67.5 Å². The van der Waals surface area contributed by atoms with Crippen LogP contribution in [0.3, 0.4) is 0 Å². The molecule has 6 aromatic heterocycles. The molecule has 528 valence electrons. The third-order valence-electron chi connectivity index (χ3n) is 20.7. The zero-order valence-electron chi connectivity index (χ0n) is 75.5. The second-order valence-corrected chi connectivity index (χ2v) is 28.3. The first-order chi connectivity index (χ1) is 51.7. The van der Waals surface area contributed by atoms with Gasteiger partial charge in [-0.3, -0.25) is 0 Å². The average Bonchev–Trinajstić information content (AvgIpc) is 0.590. The first-order valence-electron chi connectivity index (χ1n) is 40.0. The summed E-state index contributed by atoms with van der Waals surface area (Å²) in [4.78, 5) is 0. The quantitative estimate of drug-likeness (QED) is 0.148. The van der Waals surface area contributed by atoms with Crippen molar-refractivity contribution in [3.8, 4) is 67.5 Å². The number of pyridine rings is 6. The van der Waals surface area contributed by atoms with Gasteiger partial charge in [-0.05, 0) is 247 Å². The highest BCUT2D eigenvalue weighted by Gasteiger charge is 2.24. The van der Waals surface area contributed by atoms with Crippen LogP contribution in [0.4, 0.5) is 0 Å². The molecule has 102 heavy (non-hydrogen) atoms. The molecule has 0 spiro atoms. The highest BCUT2D eigenvalue weighted by atomic mass is 15.0. The van der Waals surface area contributed by atoms with Crippen molar-refractivity contribution in [3.63, 3.8) is 0 Å². The molecule has 0 radical (unpaired) electrons. The van der Waals surface area contributed by atoms with E-state index in [-0.39, 0.29) is 0 Å². The topological polar surface area (TPSA) is 23.3 Å². The van der Waals surface area contributed by atoms with E-state index >= 15 is 0 Å². The van der Waals surface area contributed by atoms with E-state index < -0.39 is 20.6 Å². The summed E-state index contributed by atoms with van der Waals surface area (Å²) in [5.41, 5.74) is 41.0. The van der Waals surface area contributed by atoms with Gasteiger partial charge < -0.3 is 0 Å². The monoisotopic (exact) mass is 1370 g/mol. The van der Waals surface area contributed by atoms with E-state index in [0.717, 1.165) is 73.0 Å². The SMILES string of the molecule is Cc1ccc(-c2c(C)ccc(C)[n+]2C)c(C)c1.Cc1ccc(C)c(-c2c(C)ccc(C)[n+]2C)c1.Cc1cccc(-c2c(C)ccc(C)[n+]2C)c1C.[2H]C([2H])([2H])c1ccc(-c2c(C)ccc(C)[n+]2C)c(C)c1.[2H]C([2H])([2H])c1cccc(-c2c(C)ccc(C)[n+]2C)c1C.[2H]C([2H])([2H])c1cccc(-c2c(C)ccc(C)[n+]2C)c1C. The summed E-state index contributed by atoms with van der Waals surface area (Å²) in [6, 6.07) is 61.8. The Balaban J connectivity index is 0.000000185. The van der Waals surface area contributed by atoms with E-state index in [9.17, 15) is 0 Å². The fraction of sp³-hybridized carbons (Fsp3) is 0.312. The molecule has 0 fully saturated rings. The number of hydrogen-bond acceptors (Lipinski definition) is 0. The standard InChI is InChI=1S/6C16H20N/c2*1-11-6-9-15(13(3)10-11)16-12(2)7-8-14(4)17(16)5;1-11-6-7-12(2)15(10-11)16-13(3)8-9-14(4)17(16)5;3*1-11-7-6-8-15(14(11)4)16-12(2)9-10-13(3)17(16)5/h6*6-10H,1-5H3/q6*+1/i1D3;;;2*1D3;. The Kier molecular flexibility index (Phi) is 22.7. The maximum atomic E-state index is 7.65. The molecule has 0 unspecified atom stereocenters. The minimum atomic E-state index is -2.07. The van der Waals surface area contributed by atoms with Crippen LogP contribution >= 0.6 is 0 Å². The van der Waals surface area contributed by atoms with Crippen LogP contribution < -0.4 is 27.4 Å². The number of hydrogen-bond donors (Lipinski definition) is 0. The second-order valence-electron chi connectivity index (χ2n) is 28.3. The molecule has 0 amide bonds. The summed E-state index contributed by atoms with van der Waals surface area (Å²) < 4.78 is 81.6. The van der Waals surface area contributed by atoms with Gasteiger partial charge in [0.05, 0.1) is 0 Å². The molecule has 6 aromatic carbocycles. The van der Waals surface area contributed by atoms with Crippen LogP contribution in [-0.2, 0) is 42.3 Å². The molecule has 0 saturated heterocycles. The molecule has 6 heteroatoms. The van der Waals surface area contributed by atoms with Gasteiger partial charge in [0.15, 0.2) is 34.2 Å². The fourth-order valence-electron chi connectivity index (χ4n) is 13.4. The van der Waals surface area contributed by atoms with E-state index in [2.05, 4.69) is 287 Å². The lowest BCUT2D eigenvalue weighted by Gasteiger charge is -2.10. The van der Waals surface area contributed by atoms with Crippen molar-refractivity contribution in [2.24, 2.45) is 42.3 Å². The number of aryl methyl sites for hydroxylation is 21. The predicted molar refractivity (Wildman–Crippen MR) is 432 cm³/mol. The van der Waals surface area contributed by atoms with E-state index in [4.69, 9.17) is 12.3 Å². The molecule has 6 heterocycles. The highest BCUT2D eigenvalue weighted by molar-refractivity contribution is 5.70. The Morgan fingerprint density at radius 3 is 0.735 bits per heavy atom. The third-order valence-corrected chi connectivity index (χ3v) is 20.7. The van der Waals surface area contributed by atoms with Gasteiger partial charge in [0.25, 0.3) is 0 Å². The van der Waals surface area contributed by atoms with Gasteiger partial charge in [-0.15, -0.1) is 0 Å². The Bertz CT molecular complexity index is 5230. The summed E-state index contributed by atoms with van der Waals surface area (Å²) in [7, 11) is 12.5.